The molecule has 2 nitrogen and oxygen atoms in total. The third-order valence-corrected chi connectivity index (χ3v) is 7.03. The van der Waals surface area contributed by atoms with Crippen molar-refractivity contribution in [2.45, 2.75) is 17.5 Å². The smallest absolute Gasteiger partial charge is 0.119 e. The first-order valence-electron chi connectivity index (χ1n) is 6.43. The molecule has 1 aromatic rings. The number of hydrogen-bond donors (Lipinski definition) is 0. The number of fused-ring (bicyclic) bond motifs is 1. The largest absolute Gasteiger partial charge is 0.497 e. The number of methoxy groups -OCH3 is 1. The standard InChI is InChI=1S/C14H19NOS2/c1-10-9-15(14-13(10)17-7-8-18-14)11-3-5-12(16-2)6-4-11/h3-6,10,13-14H,7-9H2,1-2H3/t10-,13+,14+/m0/s1. The molecule has 3 rings (SSSR count). The molecule has 0 aromatic heterocycles. The quantitative estimate of drug-likeness (QED) is 0.824. The van der Waals surface area contributed by atoms with Crippen molar-refractivity contribution < 1.29 is 4.74 Å². The Kier molecular flexibility index (Phi) is 3.66. The lowest BCUT2D eigenvalue weighted by Crippen LogP contribution is -2.34. The Morgan fingerprint density at radius 2 is 1.89 bits per heavy atom. The Hall–Kier alpha value is -0.480. The molecule has 2 heterocycles. The number of benzene rings is 1. The summed E-state index contributed by atoms with van der Waals surface area (Å²) < 4.78 is 5.23. The zero-order valence-electron chi connectivity index (χ0n) is 10.8. The second kappa shape index (κ2) is 5.25. The summed E-state index contributed by atoms with van der Waals surface area (Å²) in [6.07, 6.45) is 0. The maximum absolute atomic E-state index is 5.23. The Labute approximate surface area is 117 Å². The highest BCUT2D eigenvalue weighted by atomic mass is 32.2. The summed E-state index contributed by atoms with van der Waals surface area (Å²) in [6, 6.07) is 8.50. The van der Waals surface area contributed by atoms with Crippen LogP contribution in [0.15, 0.2) is 24.3 Å². The van der Waals surface area contributed by atoms with Crippen LogP contribution in [0, 0.1) is 5.92 Å². The Morgan fingerprint density at radius 3 is 2.61 bits per heavy atom. The van der Waals surface area contributed by atoms with E-state index in [1.165, 1.54) is 23.7 Å². The fourth-order valence-electron chi connectivity index (χ4n) is 2.79. The van der Waals surface area contributed by atoms with Gasteiger partial charge in [-0.05, 0) is 30.2 Å². The third kappa shape index (κ3) is 2.21. The summed E-state index contributed by atoms with van der Waals surface area (Å²) in [6.45, 7) is 3.57. The molecular formula is C14H19NOS2. The van der Waals surface area contributed by atoms with Gasteiger partial charge in [-0.1, -0.05) is 6.92 Å². The van der Waals surface area contributed by atoms with Gasteiger partial charge in [0.25, 0.3) is 0 Å². The monoisotopic (exact) mass is 281 g/mol. The van der Waals surface area contributed by atoms with Gasteiger partial charge in [-0.15, -0.1) is 11.8 Å². The Balaban J connectivity index is 1.82. The molecule has 1 aromatic carbocycles. The number of nitrogens with zero attached hydrogens (tertiary/aromatic N) is 1. The van der Waals surface area contributed by atoms with E-state index in [1.54, 1.807) is 7.11 Å². The van der Waals surface area contributed by atoms with Crippen LogP contribution < -0.4 is 9.64 Å². The average molecular weight is 281 g/mol. The third-order valence-electron chi connectivity index (χ3n) is 3.72. The molecule has 2 aliphatic heterocycles. The molecule has 0 aliphatic carbocycles. The SMILES string of the molecule is COc1ccc(N2C[C@H](C)[C@H]3SCCS[C@H]32)cc1. The molecule has 2 fully saturated rings. The topological polar surface area (TPSA) is 12.5 Å². The molecule has 0 bridgehead atoms. The van der Waals surface area contributed by atoms with E-state index in [0.29, 0.717) is 5.37 Å². The van der Waals surface area contributed by atoms with Crippen LogP contribution in [0.1, 0.15) is 6.92 Å². The summed E-state index contributed by atoms with van der Waals surface area (Å²) in [5, 5.41) is 1.46. The second-order valence-corrected chi connectivity index (χ2v) is 7.43. The molecule has 2 aliphatic rings. The summed E-state index contributed by atoms with van der Waals surface area (Å²) in [7, 11) is 1.72. The van der Waals surface area contributed by atoms with Crippen LogP contribution in [0.2, 0.25) is 0 Å². The zero-order valence-corrected chi connectivity index (χ0v) is 12.5. The fraction of sp³-hybridized carbons (Fsp3) is 0.571. The lowest BCUT2D eigenvalue weighted by molar-refractivity contribution is 0.415. The molecule has 0 spiro atoms. The molecule has 0 amide bonds. The summed E-state index contributed by atoms with van der Waals surface area (Å²) in [5.74, 6) is 4.32. The van der Waals surface area contributed by atoms with Gasteiger partial charge in [0.05, 0.1) is 12.5 Å². The maximum Gasteiger partial charge on any atom is 0.119 e. The van der Waals surface area contributed by atoms with E-state index in [1.807, 2.05) is 0 Å². The van der Waals surface area contributed by atoms with Crippen LogP contribution in [0.25, 0.3) is 0 Å². The number of hydrogen-bond acceptors (Lipinski definition) is 4. The van der Waals surface area contributed by atoms with Crippen LogP contribution in [0.3, 0.4) is 0 Å². The number of anilines is 1. The van der Waals surface area contributed by atoms with Gasteiger partial charge >= 0.3 is 0 Å². The van der Waals surface area contributed by atoms with Gasteiger partial charge in [0.2, 0.25) is 0 Å². The predicted octanol–water partition coefficient (Wildman–Crippen LogP) is 3.33. The molecule has 0 N–H and O–H groups in total. The van der Waals surface area contributed by atoms with Gasteiger partial charge in [0.1, 0.15) is 5.75 Å². The van der Waals surface area contributed by atoms with Crippen LogP contribution >= 0.6 is 23.5 Å². The lowest BCUT2D eigenvalue weighted by atomic mass is 10.1. The van der Waals surface area contributed by atoms with Gasteiger partial charge in [-0.25, -0.2) is 0 Å². The summed E-state index contributed by atoms with van der Waals surface area (Å²) in [5.41, 5.74) is 1.34. The fourth-order valence-corrected chi connectivity index (χ4v) is 6.11. The molecule has 2 saturated heterocycles. The average Bonchev–Trinajstić information content (AvgIpc) is 2.77. The van der Waals surface area contributed by atoms with Crippen molar-refractivity contribution in [2.75, 3.05) is 30.1 Å². The maximum atomic E-state index is 5.23. The molecule has 0 saturated carbocycles. The number of ether oxygens (including phenoxy) is 1. The van der Waals surface area contributed by atoms with Crippen LogP contribution in [-0.4, -0.2) is 35.8 Å². The van der Waals surface area contributed by atoms with E-state index in [-0.39, 0.29) is 0 Å². The first-order chi connectivity index (χ1) is 8.79. The molecule has 18 heavy (non-hydrogen) atoms. The van der Waals surface area contributed by atoms with Gasteiger partial charge in [0, 0.05) is 29.0 Å². The van der Waals surface area contributed by atoms with Gasteiger partial charge in [-0.3, -0.25) is 0 Å². The molecule has 3 atom stereocenters. The molecule has 0 unspecified atom stereocenters. The van der Waals surface area contributed by atoms with E-state index in [0.717, 1.165) is 16.9 Å². The highest BCUT2D eigenvalue weighted by Gasteiger charge is 2.41. The highest BCUT2D eigenvalue weighted by molar-refractivity contribution is 8.07. The van der Waals surface area contributed by atoms with E-state index in [9.17, 15) is 0 Å². The summed E-state index contributed by atoms with van der Waals surface area (Å²) >= 11 is 4.29. The molecule has 0 radical (unpaired) electrons. The van der Waals surface area contributed by atoms with Gasteiger partial charge in [0.15, 0.2) is 0 Å². The van der Waals surface area contributed by atoms with Gasteiger partial charge in [-0.2, -0.15) is 11.8 Å². The van der Waals surface area contributed by atoms with Crippen molar-refractivity contribution in [2.24, 2.45) is 5.92 Å². The van der Waals surface area contributed by atoms with Crippen molar-refractivity contribution in [3.05, 3.63) is 24.3 Å². The lowest BCUT2D eigenvalue weighted by Gasteiger charge is -2.32. The first-order valence-corrected chi connectivity index (χ1v) is 8.53. The van der Waals surface area contributed by atoms with E-state index < -0.39 is 0 Å². The molecule has 98 valence electrons. The van der Waals surface area contributed by atoms with Crippen molar-refractivity contribution >= 4 is 29.2 Å². The Morgan fingerprint density at radius 1 is 1.17 bits per heavy atom. The van der Waals surface area contributed by atoms with Crippen LogP contribution in [0.4, 0.5) is 5.69 Å². The molecular weight excluding hydrogens is 262 g/mol. The molecule has 4 heteroatoms. The minimum absolute atomic E-state index is 0.659. The van der Waals surface area contributed by atoms with Crippen molar-refractivity contribution in [3.63, 3.8) is 0 Å². The van der Waals surface area contributed by atoms with E-state index in [2.05, 4.69) is 59.6 Å². The zero-order chi connectivity index (χ0) is 12.5. The first kappa shape index (κ1) is 12.5. The summed E-state index contributed by atoms with van der Waals surface area (Å²) in [4.78, 5) is 2.58. The Bertz CT molecular complexity index is 409. The van der Waals surface area contributed by atoms with E-state index >= 15 is 0 Å². The normalized spacial score (nSPS) is 31.2. The van der Waals surface area contributed by atoms with Crippen molar-refractivity contribution in [1.82, 2.24) is 0 Å². The van der Waals surface area contributed by atoms with Gasteiger partial charge < -0.3 is 9.64 Å². The van der Waals surface area contributed by atoms with Crippen molar-refractivity contribution in [1.29, 1.82) is 0 Å². The minimum atomic E-state index is 0.659. The number of rotatable bonds is 2. The highest BCUT2D eigenvalue weighted by Crippen LogP contribution is 2.44. The number of thioether (sulfide) groups is 2. The second-order valence-electron chi connectivity index (χ2n) is 4.92. The van der Waals surface area contributed by atoms with Crippen molar-refractivity contribution in [3.8, 4) is 5.75 Å². The predicted molar refractivity (Wildman–Crippen MR) is 82.0 cm³/mol. The van der Waals surface area contributed by atoms with Crippen LogP contribution in [0.5, 0.6) is 5.75 Å². The minimum Gasteiger partial charge on any atom is -0.497 e. The van der Waals surface area contributed by atoms with E-state index in [4.69, 9.17) is 4.74 Å². The van der Waals surface area contributed by atoms with Crippen LogP contribution in [-0.2, 0) is 0 Å².